The minimum Gasteiger partial charge on any atom is -0.399 e. The number of Topliss-reactive ketones (excluding diaryl/α,β-unsaturated/α-hetero) is 1. The van der Waals surface area contributed by atoms with E-state index in [4.69, 9.17) is 5.73 Å². The van der Waals surface area contributed by atoms with Crippen LogP contribution in [0.2, 0.25) is 0 Å². The molecule has 5 nitrogen and oxygen atoms in total. The number of aryl methyl sites for hydroxylation is 1. The molecule has 0 atom stereocenters. The maximum absolute atomic E-state index is 12.7. The summed E-state index contributed by atoms with van der Waals surface area (Å²) in [5, 5.41) is 0. The van der Waals surface area contributed by atoms with Crippen LogP contribution in [0.1, 0.15) is 21.7 Å². The fraction of sp³-hybridized carbons (Fsp3) is 0.421. The summed E-state index contributed by atoms with van der Waals surface area (Å²) >= 11 is 0. The number of nitrogens with zero attached hydrogens (tertiary/aromatic N) is 3. The van der Waals surface area contributed by atoms with E-state index >= 15 is 0 Å². The summed E-state index contributed by atoms with van der Waals surface area (Å²) in [4.78, 5) is 16.9. The van der Waals surface area contributed by atoms with Gasteiger partial charge in [0.05, 0.1) is 6.54 Å². The fourth-order valence-electron chi connectivity index (χ4n) is 2.85. The lowest BCUT2D eigenvalue weighted by Gasteiger charge is -2.18. The lowest BCUT2D eigenvalue weighted by molar-refractivity contribution is 0.0942. The number of nitrogens with two attached hydrogens (primary N) is 1. The van der Waals surface area contributed by atoms with Crippen LogP contribution in [0, 0.1) is 13.8 Å². The summed E-state index contributed by atoms with van der Waals surface area (Å²) in [5.41, 5.74) is 10.3. The lowest BCUT2D eigenvalue weighted by atomic mass is 10.1. The molecule has 2 aromatic rings. The molecule has 0 bridgehead atoms. The second-order valence-electron chi connectivity index (χ2n) is 6.68. The van der Waals surface area contributed by atoms with Crippen LogP contribution in [0.15, 0.2) is 30.3 Å². The number of anilines is 1. The van der Waals surface area contributed by atoms with Gasteiger partial charge in [0, 0.05) is 41.4 Å². The first kappa shape index (κ1) is 18.2. The Labute approximate surface area is 144 Å². The third kappa shape index (κ3) is 4.24. The van der Waals surface area contributed by atoms with E-state index in [9.17, 15) is 4.79 Å². The van der Waals surface area contributed by atoms with Crippen molar-refractivity contribution in [3.8, 4) is 5.69 Å². The Bertz CT molecular complexity index is 701. The van der Waals surface area contributed by atoms with Gasteiger partial charge in [0.1, 0.15) is 0 Å². The standard InChI is InChI=1S/C19H28N4O/c1-14-12-18(19(24)13-22(5)11-10-21(3)4)15(2)23(14)17-8-6-16(20)7-9-17/h6-9,12H,10-11,13,20H2,1-5H3. The lowest BCUT2D eigenvalue weighted by Crippen LogP contribution is -2.32. The Kier molecular flexibility index (Phi) is 5.80. The molecule has 1 heterocycles. The van der Waals surface area contributed by atoms with E-state index in [2.05, 4.69) is 14.4 Å². The normalized spacial score (nSPS) is 11.5. The maximum atomic E-state index is 12.7. The van der Waals surface area contributed by atoms with E-state index in [0.29, 0.717) is 6.54 Å². The second-order valence-corrected chi connectivity index (χ2v) is 6.68. The second kappa shape index (κ2) is 7.64. The van der Waals surface area contributed by atoms with Crippen molar-refractivity contribution in [3.63, 3.8) is 0 Å². The zero-order valence-corrected chi connectivity index (χ0v) is 15.3. The Morgan fingerprint density at radius 3 is 2.29 bits per heavy atom. The quantitative estimate of drug-likeness (QED) is 0.626. The monoisotopic (exact) mass is 328 g/mol. The number of carbonyl (C=O) groups is 1. The van der Waals surface area contributed by atoms with Crippen LogP contribution in [-0.2, 0) is 0 Å². The van der Waals surface area contributed by atoms with Gasteiger partial charge in [0.2, 0.25) is 0 Å². The molecular weight excluding hydrogens is 300 g/mol. The van der Waals surface area contributed by atoms with Gasteiger partial charge in [-0.3, -0.25) is 9.69 Å². The van der Waals surface area contributed by atoms with Crippen LogP contribution in [0.25, 0.3) is 5.69 Å². The Balaban J connectivity index is 2.18. The Morgan fingerprint density at radius 2 is 1.71 bits per heavy atom. The number of rotatable bonds is 7. The van der Waals surface area contributed by atoms with Crippen molar-refractivity contribution in [1.82, 2.24) is 14.4 Å². The topological polar surface area (TPSA) is 54.5 Å². The van der Waals surface area contributed by atoms with Crippen molar-refractivity contribution in [2.75, 3.05) is 46.5 Å². The van der Waals surface area contributed by atoms with Crippen LogP contribution in [0.5, 0.6) is 0 Å². The number of carbonyl (C=O) groups excluding carboxylic acids is 1. The Morgan fingerprint density at radius 1 is 1.08 bits per heavy atom. The number of hydrogen-bond acceptors (Lipinski definition) is 4. The van der Waals surface area contributed by atoms with Crippen LogP contribution >= 0.6 is 0 Å². The first-order valence-corrected chi connectivity index (χ1v) is 8.21. The van der Waals surface area contributed by atoms with E-state index < -0.39 is 0 Å². The first-order valence-electron chi connectivity index (χ1n) is 8.21. The molecule has 0 fully saturated rings. The van der Waals surface area contributed by atoms with Crippen molar-refractivity contribution in [2.24, 2.45) is 0 Å². The van der Waals surface area contributed by atoms with Crippen molar-refractivity contribution in [3.05, 3.63) is 47.3 Å². The summed E-state index contributed by atoms with van der Waals surface area (Å²) in [6, 6.07) is 9.70. The number of ketones is 1. The zero-order valence-electron chi connectivity index (χ0n) is 15.3. The predicted octanol–water partition coefficient (Wildman–Crippen LogP) is 2.35. The Hall–Kier alpha value is -2.11. The largest absolute Gasteiger partial charge is 0.399 e. The number of nitrogen functional groups attached to an aromatic ring is 1. The van der Waals surface area contributed by atoms with Crippen LogP contribution in [0.4, 0.5) is 5.69 Å². The fourth-order valence-corrected chi connectivity index (χ4v) is 2.85. The number of benzene rings is 1. The molecule has 0 spiro atoms. The molecule has 24 heavy (non-hydrogen) atoms. The SMILES string of the molecule is Cc1cc(C(=O)CN(C)CCN(C)C)c(C)n1-c1ccc(N)cc1. The van der Waals surface area contributed by atoms with Gasteiger partial charge in [-0.2, -0.15) is 0 Å². The molecule has 0 aliphatic rings. The van der Waals surface area contributed by atoms with Gasteiger partial charge in [0.15, 0.2) is 5.78 Å². The molecule has 0 aliphatic heterocycles. The highest BCUT2D eigenvalue weighted by atomic mass is 16.1. The van der Waals surface area contributed by atoms with Gasteiger partial charge in [-0.05, 0) is 65.3 Å². The first-order chi connectivity index (χ1) is 11.3. The van der Waals surface area contributed by atoms with Crippen LogP contribution in [0.3, 0.4) is 0 Å². The third-order valence-electron chi connectivity index (χ3n) is 4.23. The zero-order chi connectivity index (χ0) is 17.9. The number of hydrogen-bond donors (Lipinski definition) is 1. The van der Waals surface area contributed by atoms with E-state index in [1.54, 1.807) is 0 Å². The highest BCUT2D eigenvalue weighted by Gasteiger charge is 2.18. The van der Waals surface area contributed by atoms with Gasteiger partial charge in [-0.25, -0.2) is 0 Å². The number of aromatic nitrogens is 1. The van der Waals surface area contributed by atoms with Crippen molar-refractivity contribution < 1.29 is 4.79 Å². The molecular formula is C19H28N4O. The predicted molar refractivity (Wildman–Crippen MR) is 100 cm³/mol. The smallest absolute Gasteiger partial charge is 0.178 e. The van der Waals surface area contributed by atoms with E-state index in [0.717, 1.165) is 41.4 Å². The van der Waals surface area contributed by atoms with Crippen molar-refractivity contribution >= 4 is 11.5 Å². The van der Waals surface area contributed by atoms with E-state index in [1.165, 1.54) is 0 Å². The molecule has 2 N–H and O–H groups in total. The summed E-state index contributed by atoms with van der Waals surface area (Å²) in [7, 11) is 6.06. The van der Waals surface area contributed by atoms with Gasteiger partial charge in [0.25, 0.3) is 0 Å². The molecule has 1 aromatic carbocycles. The number of likely N-dealkylation sites (N-methyl/N-ethyl adjacent to an activating group) is 2. The summed E-state index contributed by atoms with van der Waals surface area (Å²) in [6.45, 7) is 6.26. The molecule has 0 saturated heterocycles. The molecule has 0 aliphatic carbocycles. The minimum absolute atomic E-state index is 0.158. The van der Waals surface area contributed by atoms with Crippen molar-refractivity contribution in [1.29, 1.82) is 0 Å². The molecule has 0 saturated carbocycles. The van der Waals surface area contributed by atoms with E-state index in [-0.39, 0.29) is 5.78 Å². The van der Waals surface area contributed by atoms with Crippen LogP contribution < -0.4 is 5.73 Å². The van der Waals surface area contributed by atoms with Gasteiger partial charge < -0.3 is 15.2 Å². The van der Waals surface area contributed by atoms with Gasteiger partial charge >= 0.3 is 0 Å². The summed E-state index contributed by atoms with van der Waals surface area (Å²) in [5.74, 6) is 0.158. The third-order valence-corrected chi connectivity index (χ3v) is 4.23. The molecule has 5 heteroatoms. The van der Waals surface area contributed by atoms with Gasteiger partial charge in [-0.1, -0.05) is 0 Å². The molecule has 0 unspecified atom stereocenters. The van der Waals surface area contributed by atoms with Gasteiger partial charge in [-0.15, -0.1) is 0 Å². The summed E-state index contributed by atoms with van der Waals surface area (Å²) < 4.78 is 2.10. The van der Waals surface area contributed by atoms with E-state index in [1.807, 2.05) is 65.3 Å². The minimum atomic E-state index is 0.158. The van der Waals surface area contributed by atoms with Crippen molar-refractivity contribution in [2.45, 2.75) is 13.8 Å². The summed E-state index contributed by atoms with van der Waals surface area (Å²) in [6.07, 6.45) is 0. The average molecular weight is 328 g/mol. The molecule has 2 rings (SSSR count). The highest BCUT2D eigenvalue weighted by Crippen LogP contribution is 2.22. The maximum Gasteiger partial charge on any atom is 0.178 e. The highest BCUT2D eigenvalue weighted by molar-refractivity contribution is 5.99. The average Bonchev–Trinajstić information content (AvgIpc) is 2.81. The molecule has 130 valence electrons. The molecule has 0 amide bonds. The molecule has 1 aromatic heterocycles. The van der Waals surface area contributed by atoms with Crippen LogP contribution in [-0.4, -0.2) is 60.9 Å². The molecule has 0 radical (unpaired) electrons.